The van der Waals surface area contributed by atoms with Gasteiger partial charge in [-0.25, -0.2) is 0 Å². The standard InChI is InChI=1S/C15H30N2O/c1-6-16-13-8-7-9-17(11-13)14(18)10-12(2)15(3,4)5/h12-13,16H,6-11H2,1-5H3. The molecule has 1 amide bonds. The van der Waals surface area contributed by atoms with E-state index in [0.717, 1.165) is 26.1 Å². The second kappa shape index (κ2) is 6.55. The number of likely N-dealkylation sites (N-methyl/N-ethyl adjacent to an activating group) is 1. The largest absolute Gasteiger partial charge is 0.341 e. The van der Waals surface area contributed by atoms with Crippen molar-refractivity contribution in [3.8, 4) is 0 Å². The third kappa shape index (κ3) is 4.60. The van der Waals surface area contributed by atoms with Gasteiger partial charge in [0.25, 0.3) is 0 Å². The van der Waals surface area contributed by atoms with Crippen LogP contribution in [0.15, 0.2) is 0 Å². The third-order valence-corrected chi connectivity index (χ3v) is 4.23. The minimum Gasteiger partial charge on any atom is -0.341 e. The number of hydrogen-bond acceptors (Lipinski definition) is 2. The van der Waals surface area contributed by atoms with Gasteiger partial charge in [0, 0.05) is 25.6 Å². The van der Waals surface area contributed by atoms with Crippen LogP contribution in [0.3, 0.4) is 0 Å². The van der Waals surface area contributed by atoms with Crippen LogP contribution in [-0.2, 0) is 4.79 Å². The molecule has 0 radical (unpaired) electrons. The van der Waals surface area contributed by atoms with E-state index < -0.39 is 0 Å². The number of amides is 1. The zero-order valence-electron chi connectivity index (χ0n) is 12.8. The number of nitrogens with zero attached hydrogens (tertiary/aromatic N) is 1. The summed E-state index contributed by atoms with van der Waals surface area (Å²) in [5.41, 5.74) is 0.215. The Morgan fingerprint density at radius 3 is 2.67 bits per heavy atom. The van der Waals surface area contributed by atoms with Crippen LogP contribution in [0.25, 0.3) is 0 Å². The summed E-state index contributed by atoms with van der Waals surface area (Å²) in [7, 11) is 0. The topological polar surface area (TPSA) is 32.3 Å². The second-order valence-corrected chi connectivity index (χ2v) is 6.71. The van der Waals surface area contributed by atoms with Crippen molar-refractivity contribution in [2.75, 3.05) is 19.6 Å². The fraction of sp³-hybridized carbons (Fsp3) is 0.933. The van der Waals surface area contributed by atoms with Crippen molar-refractivity contribution in [3.63, 3.8) is 0 Å². The molecule has 0 aromatic carbocycles. The highest BCUT2D eigenvalue weighted by Crippen LogP contribution is 2.28. The fourth-order valence-electron chi connectivity index (χ4n) is 2.36. The summed E-state index contributed by atoms with van der Waals surface area (Å²) in [6.07, 6.45) is 3.02. The first-order chi connectivity index (χ1) is 8.34. The molecular weight excluding hydrogens is 224 g/mol. The van der Waals surface area contributed by atoms with Crippen LogP contribution >= 0.6 is 0 Å². The molecule has 3 heteroatoms. The predicted molar refractivity (Wildman–Crippen MR) is 76.5 cm³/mol. The highest BCUT2D eigenvalue weighted by atomic mass is 16.2. The lowest BCUT2D eigenvalue weighted by Crippen LogP contribution is -2.48. The highest BCUT2D eigenvalue weighted by Gasteiger charge is 2.27. The molecule has 0 spiro atoms. The molecule has 106 valence electrons. The van der Waals surface area contributed by atoms with Crippen LogP contribution < -0.4 is 5.32 Å². The van der Waals surface area contributed by atoms with E-state index in [1.54, 1.807) is 0 Å². The molecule has 1 N–H and O–H groups in total. The Bertz CT molecular complexity index is 268. The molecule has 1 saturated heterocycles. The van der Waals surface area contributed by atoms with Gasteiger partial charge in [0.15, 0.2) is 0 Å². The monoisotopic (exact) mass is 254 g/mol. The maximum atomic E-state index is 12.3. The van der Waals surface area contributed by atoms with Gasteiger partial charge < -0.3 is 10.2 Å². The number of nitrogens with one attached hydrogen (secondary N) is 1. The maximum absolute atomic E-state index is 12.3. The van der Waals surface area contributed by atoms with Crippen LogP contribution in [0.5, 0.6) is 0 Å². The predicted octanol–water partition coefficient (Wildman–Crippen LogP) is 2.66. The number of carbonyl (C=O) groups is 1. The molecule has 0 aromatic heterocycles. The lowest BCUT2D eigenvalue weighted by atomic mass is 9.80. The Morgan fingerprint density at radius 1 is 1.44 bits per heavy atom. The quantitative estimate of drug-likeness (QED) is 0.836. The Balaban J connectivity index is 2.46. The fourth-order valence-corrected chi connectivity index (χ4v) is 2.36. The van der Waals surface area contributed by atoms with Crippen LogP contribution in [0.4, 0.5) is 0 Å². The molecule has 2 atom stereocenters. The van der Waals surface area contributed by atoms with Crippen molar-refractivity contribution in [2.45, 2.75) is 59.9 Å². The van der Waals surface area contributed by atoms with Gasteiger partial charge in [-0.2, -0.15) is 0 Å². The van der Waals surface area contributed by atoms with Gasteiger partial charge in [0.05, 0.1) is 0 Å². The first kappa shape index (κ1) is 15.5. The molecule has 0 aliphatic carbocycles. The van der Waals surface area contributed by atoms with Gasteiger partial charge in [-0.15, -0.1) is 0 Å². The lowest BCUT2D eigenvalue weighted by Gasteiger charge is -2.35. The van der Waals surface area contributed by atoms with E-state index >= 15 is 0 Å². The zero-order valence-corrected chi connectivity index (χ0v) is 12.8. The molecule has 2 unspecified atom stereocenters. The molecular formula is C15H30N2O. The van der Waals surface area contributed by atoms with Crippen molar-refractivity contribution >= 4 is 5.91 Å². The van der Waals surface area contributed by atoms with Gasteiger partial charge in [-0.05, 0) is 30.7 Å². The van der Waals surface area contributed by atoms with E-state index in [0.29, 0.717) is 24.3 Å². The summed E-state index contributed by atoms with van der Waals surface area (Å²) in [6.45, 7) is 13.8. The summed E-state index contributed by atoms with van der Waals surface area (Å²) < 4.78 is 0. The first-order valence-corrected chi connectivity index (χ1v) is 7.35. The molecule has 1 aliphatic rings. The molecule has 0 saturated carbocycles. The summed E-state index contributed by atoms with van der Waals surface area (Å²) in [5, 5.41) is 3.46. The normalized spacial score (nSPS) is 22.9. The van der Waals surface area contributed by atoms with Crippen molar-refractivity contribution < 1.29 is 4.79 Å². The Hall–Kier alpha value is -0.570. The first-order valence-electron chi connectivity index (χ1n) is 7.35. The van der Waals surface area contributed by atoms with E-state index in [1.165, 1.54) is 6.42 Å². The van der Waals surface area contributed by atoms with E-state index in [-0.39, 0.29) is 5.41 Å². The number of carbonyl (C=O) groups excluding carboxylic acids is 1. The average Bonchev–Trinajstić information content (AvgIpc) is 2.28. The van der Waals surface area contributed by atoms with Crippen LogP contribution in [0.2, 0.25) is 0 Å². The summed E-state index contributed by atoms with van der Waals surface area (Å²) in [5.74, 6) is 0.768. The molecule has 3 nitrogen and oxygen atoms in total. The molecule has 1 fully saturated rings. The Kier molecular flexibility index (Phi) is 5.64. The van der Waals surface area contributed by atoms with Crippen molar-refractivity contribution in [3.05, 3.63) is 0 Å². The molecule has 1 rings (SSSR count). The van der Waals surface area contributed by atoms with Crippen LogP contribution in [-0.4, -0.2) is 36.5 Å². The van der Waals surface area contributed by atoms with Gasteiger partial charge in [-0.1, -0.05) is 34.6 Å². The van der Waals surface area contributed by atoms with Crippen molar-refractivity contribution in [1.29, 1.82) is 0 Å². The molecule has 1 aliphatic heterocycles. The summed E-state index contributed by atoms with van der Waals surface area (Å²) >= 11 is 0. The summed E-state index contributed by atoms with van der Waals surface area (Å²) in [6, 6.07) is 0.498. The highest BCUT2D eigenvalue weighted by molar-refractivity contribution is 5.76. The van der Waals surface area contributed by atoms with Crippen molar-refractivity contribution in [1.82, 2.24) is 10.2 Å². The third-order valence-electron chi connectivity index (χ3n) is 4.23. The number of hydrogen-bond donors (Lipinski definition) is 1. The molecule has 1 heterocycles. The van der Waals surface area contributed by atoms with Gasteiger partial charge >= 0.3 is 0 Å². The van der Waals surface area contributed by atoms with E-state index in [4.69, 9.17) is 0 Å². The lowest BCUT2D eigenvalue weighted by molar-refractivity contribution is -0.134. The van der Waals surface area contributed by atoms with Gasteiger partial charge in [0.2, 0.25) is 5.91 Å². The van der Waals surface area contributed by atoms with E-state index in [9.17, 15) is 4.79 Å². The minimum absolute atomic E-state index is 0.215. The molecule has 18 heavy (non-hydrogen) atoms. The Labute approximate surface area is 112 Å². The minimum atomic E-state index is 0.215. The van der Waals surface area contributed by atoms with Gasteiger partial charge in [0.1, 0.15) is 0 Å². The van der Waals surface area contributed by atoms with Crippen LogP contribution in [0.1, 0.15) is 53.9 Å². The van der Waals surface area contributed by atoms with Crippen molar-refractivity contribution in [2.24, 2.45) is 11.3 Å². The number of likely N-dealkylation sites (tertiary alicyclic amines) is 1. The number of piperidine rings is 1. The van der Waals surface area contributed by atoms with Gasteiger partial charge in [-0.3, -0.25) is 4.79 Å². The molecule has 0 bridgehead atoms. The Morgan fingerprint density at radius 2 is 2.11 bits per heavy atom. The number of rotatable bonds is 4. The zero-order chi connectivity index (χ0) is 13.8. The second-order valence-electron chi connectivity index (χ2n) is 6.71. The molecule has 0 aromatic rings. The van der Waals surface area contributed by atoms with E-state index in [2.05, 4.69) is 44.8 Å². The smallest absolute Gasteiger partial charge is 0.222 e. The van der Waals surface area contributed by atoms with E-state index in [1.807, 2.05) is 0 Å². The SMILES string of the molecule is CCNC1CCCN(C(=O)CC(C)C(C)(C)C)C1. The van der Waals surface area contributed by atoms with Crippen LogP contribution in [0, 0.1) is 11.3 Å². The maximum Gasteiger partial charge on any atom is 0.222 e. The summed E-state index contributed by atoms with van der Waals surface area (Å²) in [4.78, 5) is 14.4. The average molecular weight is 254 g/mol.